The first-order chi connectivity index (χ1) is 18.5. The van der Waals surface area contributed by atoms with Crippen molar-refractivity contribution in [2.45, 2.75) is 44.3 Å². The normalized spacial score (nSPS) is 16.2. The highest BCUT2D eigenvalue weighted by molar-refractivity contribution is 7.17. The van der Waals surface area contributed by atoms with Crippen molar-refractivity contribution in [3.63, 3.8) is 0 Å². The van der Waals surface area contributed by atoms with E-state index in [4.69, 9.17) is 41.7 Å². The molecule has 2 aliphatic rings. The zero-order valence-corrected chi connectivity index (χ0v) is 22.8. The maximum absolute atomic E-state index is 11.7. The minimum absolute atomic E-state index is 0.0639. The number of halogens is 2. The van der Waals surface area contributed by atoms with Crippen molar-refractivity contribution >= 4 is 46.5 Å². The van der Waals surface area contributed by atoms with Crippen molar-refractivity contribution in [2.24, 2.45) is 0 Å². The summed E-state index contributed by atoms with van der Waals surface area (Å²) in [6.07, 6.45) is 3.84. The van der Waals surface area contributed by atoms with Crippen LogP contribution in [-0.4, -0.2) is 47.6 Å². The average molecular weight is 575 g/mol. The Hall–Kier alpha value is -2.92. The third-order valence-electron chi connectivity index (χ3n) is 6.77. The summed E-state index contributed by atoms with van der Waals surface area (Å²) in [6, 6.07) is 8.88. The molecule has 0 amide bonds. The lowest BCUT2D eigenvalue weighted by Crippen LogP contribution is -2.37. The van der Waals surface area contributed by atoms with Crippen LogP contribution in [0.25, 0.3) is 22.0 Å². The Kier molecular flexibility index (Phi) is 7.13. The second-order valence-corrected chi connectivity index (χ2v) is 11.2. The quantitative estimate of drug-likeness (QED) is 0.215. The van der Waals surface area contributed by atoms with Gasteiger partial charge in [0.2, 0.25) is 0 Å². The molecule has 0 radical (unpaired) electrons. The van der Waals surface area contributed by atoms with Gasteiger partial charge in [-0.3, -0.25) is 0 Å². The van der Waals surface area contributed by atoms with Crippen LogP contribution in [0.5, 0.6) is 0 Å². The number of ether oxygens (including phenoxy) is 2. The summed E-state index contributed by atoms with van der Waals surface area (Å²) in [5.41, 5.74) is 2.26. The third-order valence-corrected chi connectivity index (χ3v) is 8.46. The summed E-state index contributed by atoms with van der Waals surface area (Å²) in [5.74, 6) is 1.76. The molecule has 0 atom stereocenters. The SMILES string of the molecule is COC(=O)c1ccc(-c2nc(N3CCC(OCc4c(-c5c(Cl)cccc5Cl)noc4C4CC4)CC3)no2)s1. The molecule has 38 heavy (non-hydrogen) atoms. The van der Waals surface area contributed by atoms with E-state index in [1.54, 1.807) is 24.3 Å². The molecule has 4 aromatic rings. The van der Waals surface area contributed by atoms with Gasteiger partial charge < -0.3 is 23.4 Å². The first-order valence-corrected chi connectivity index (χ1v) is 13.9. The van der Waals surface area contributed by atoms with Crippen molar-refractivity contribution in [1.29, 1.82) is 0 Å². The van der Waals surface area contributed by atoms with Crippen LogP contribution in [0, 0.1) is 0 Å². The van der Waals surface area contributed by atoms with Crippen LogP contribution in [-0.2, 0) is 16.1 Å². The topological polar surface area (TPSA) is 104 Å². The number of rotatable bonds is 8. The average Bonchev–Trinajstić information content (AvgIpc) is 3.31. The minimum atomic E-state index is -0.388. The molecule has 2 fully saturated rings. The first kappa shape index (κ1) is 25.4. The fraction of sp³-hybridized carbons (Fsp3) is 0.385. The smallest absolute Gasteiger partial charge is 0.348 e. The standard InChI is InChI=1S/C26H24Cl2N4O5S/c1-34-25(33)20-8-7-19(38-20)24-29-26(31-37-24)32-11-9-15(10-12-32)35-13-16-22(30-36-23(16)14-5-6-14)21-17(27)3-2-4-18(21)28/h2-4,7-8,14-15H,5-6,9-13H2,1H3. The number of carbonyl (C=O) groups excluding carboxylic acids is 1. The van der Waals surface area contributed by atoms with Gasteiger partial charge in [-0.1, -0.05) is 34.4 Å². The Bertz CT molecular complexity index is 1440. The highest BCUT2D eigenvalue weighted by Crippen LogP contribution is 2.46. The molecular formula is C26H24Cl2N4O5S. The molecule has 1 aliphatic heterocycles. The molecule has 1 saturated carbocycles. The zero-order valence-electron chi connectivity index (χ0n) is 20.5. The number of carbonyl (C=O) groups is 1. The van der Waals surface area contributed by atoms with Gasteiger partial charge in [-0.15, -0.1) is 11.3 Å². The van der Waals surface area contributed by atoms with Gasteiger partial charge in [0.05, 0.1) is 34.7 Å². The van der Waals surface area contributed by atoms with Crippen LogP contribution < -0.4 is 4.90 Å². The molecule has 9 nitrogen and oxygen atoms in total. The van der Waals surface area contributed by atoms with E-state index in [0.29, 0.717) is 50.5 Å². The van der Waals surface area contributed by atoms with Crippen LogP contribution in [0.3, 0.4) is 0 Å². The van der Waals surface area contributed by atoms with E-state index in [1.807, 2.05) is 6.07 Å². The molecule has 0 unspecified atom stereocenters. The van der Waals surface area contributed by atoms with Gasteiger partial charge in [-0.2, -0.15) is 4.98 Å². The summed E-state index contributed by atoms with van der Waals surface area (Å²) in [7, 11) is 1.35. The van der Waals surface area contributed by atoms with Crippen molar-refractivity contribution in [3.05, 3.63) is 56.6 Å². The first-order valence-electron chi connectivity index (χ1n) is 12.3. The number of anilines is 1. The van der Waals surface area contributed by atoms with Crippen molar-refractivity contribution in [2.75, 3.05) is 25.1 Å². The Morgan fingerprint density at radius 3 is 2.55 bits per heavy atom. The number of esters is 1. The maximum Gasteiger partial charge on any atom is 0.348 e. The van der Waals surface area contributed by atoms with Gasteiger partial charge in [0.1, 0.15) is 16.3 Å². The fourth-order valence-corrected chi connectivity index (χ4v) is 6.00. The predicted molar refractivity (Wildman–Crippen MR) is 143 cm³/mol. The number of benzene rings is 1. The van der Waals surface area contributed by atoms with E-state index in [-0.39, 0.29) is 12.1 Å². The number of nitrogens with zero attached hydrogens (tertiary/aromatic N) is 4. The van der Waals surface area contributed by atoms with Crippen LogP contribution in [0.2, 0.25) is 10.0 Å². The number of thiophene rings is 1. The molecule has 1 saturated heterocycles. The molecule has 6 rings (SSSR count). The molecule has 3 aromatic heterocycles. The molecule has 1 aromatic carbocycles. The highest BCUT2D eigenvalue weighted by atomic mass is 35.5. The number of hydrogen-bond acceptors (Lipinski definition) is 10. The monoisotopic (exact) mass is 574 g/mol. The van der Waals surface area contributed by atoms with Gasteiger partial charge in [0.15, 0.2) is 0 Å². The Morgan fingerprint density at radius 1 is 1.08 bits per heavy atom. The lowest BCUT2D eigenvalue weighted by Gasteiger charge is -2.30. The summed E-state index contributed by atoms with van der Waals surface area (Å²) in [4.78, 5) is 19.5. The van der Waals surface area contributed by atoms with Crippen molar-refractivity contribution in [3.8, 4) is 22.0 Å². The maximum atomic E-state index is 11.7. The largest absolute Gasteiger partial charge is 0.465 e. The minimum Gasteiger partial charge on any atom is -0.465 e. The summed E-state index contributed by atoms with van der Waals surface area (Å²) in [6.45, 7) is 1.83. The molecule has 198 valence electrons. The van der Waals surface area contributed by atoms with E-state index >= 15 is 0 Å². The predicted octanol–water partition coefficient (Wildman–Crippen LogP) is 6.61. The van der Waals surface area contributed by atoms with Gasteiger partial charge in [0, 0.05) is 30.1 Å². The molecule has 12 heteroatoms. The number of aromatic nitrogens is 3. The molecule has 0 bridgehead atoms. The molecule has 4 heterocycles. The zero-order chi connectivity index (χ0) is 26.2. The molecular weight excluding hydrogens is 551 g/mol. The van der Waals surface area contributed by atoms with Crippen molar-refractivity contribution in [1.82, 2.24) is 15.3 Å². The van der Waals surface area contributed by atoms with Crippen LogP contribution in [0.4, 0.5) is 5.95 Å². The van der Waals surface area contributed by atoms with Gasteiger partial charge in [-0.25, -0.2) is 4.79 Å². The van der Waals surface area contributed by atoms with Crippen LogP contribution in [0.1, 0.15) is 52.6 Å². The molecule has 0 N–H and O–H groups in total. The summed E-state index contributed by atoms with van der Waals surface area (Å²) < 4.78 is 22.3. The second kappa shape index (κ2) is 10.7. The highest BCUT2D eigenvalue weighted by Gasteiger charge is 2.34. The fourth-order valence-electron chi connectivity index (χ4n) is 4.58. The molecule has 0 spiro atoms. The van der Waals surface area contributed by atoms with Gasteiger partial charge in [0.25, 0.3) is 11.8 Å². The van der Waals surface area contributed by atoms with Gasteiger partial charge >= 0.3 is 5.97 Å². The van der Waals surface area contributed by atoms with Gasteiger partial charge in [-0.05, 0) is 55.1 Å². The summed E-state index contributed by atoms with van der Waals surface area (Å²) in [5, 5.41) is 9.56. The van der Waals surface area contributed by atoms with E-state index in [0.717, 1.165) is 55.0 Å². The lowest BCUT2D eigenvalue weighted by molar-refractivity contribution is 0.0244. The van der Waals surface area contributed by atoms with E-state index in [2.05, 4.69) is 20.2 Å². The Morgan fingerprint density at radius 2 is 1.84 bits per heavy atom. The third kappa shape index (κ3) is 5.05. The Balaban J connectivity index is 1.10. The molecule has 1 aliphatic carbocycles. The number of methoxy groups -OCH3 is 1. The van der Waals surface area contributed by atoms with E-state index in [1.165, 1.54) is 18.4 Å². The lowest BCUT2D eigenvalue weighted by atomic mass is 10.0. The number of piperidine rings is 1. The van der Waals surface area contributed by atoms with Crippen LogP contribution in [0.15, 0.2) is 39.4 Å². The van der Waals surface area contributed by atoms with Crippen LogP contribution >= 0.6 is 34.5 Å². The van der Waals surface area contributed by atoms with E-state index < -0.39 is 0 Å². The second-order valence-electron chi connectivity index (χ2n) is 9.30. The van der Waals surface area contributed by atoms with Crippen molar-refractivity contribution < 1.29 is 23.3 Å². The Labute approximate surface area is 232 Å². The van der Waals surface area contributed by atoms with E-state index in [9.17, 15) is 4.79 Å². The number of hydrogen-bond donors (Lipinski definition) is 0. The summed E-state index contributed by atoms with van der Waals surface area (Å²) >= 11 is 14.2.